The molecule has 0 aliphatic carbocycles. The first kappa shape index (κ1) is 17.6. The van der Waals surface area contributed by atoms with Gasteiger partial charge in [-0.1, -0.05) is 13.8 Å². The molecule has 0 aliphatic heterocycles. The maximum Gasteiger partial charge on any atom is 0.196 e. The van der Waals surface area contributed by atoms with E-state index in [1.807, 2.05) is 13.8 Å². The molecule has 1 aromatic heterocycles. The summed E-state index contributed by atoms with van der Waals surface area (Å²) in [4.78, 5) is 12.1. The predicted molar refractivity (Wildman–Crippen MR) is 89.3 cm³/mol. The summed E-state index contributed by atoms with van der Waals surface area (Å²) < 4.78 is 5.66. The standard InChI is InChI=1S/C16H16O4.C2H6/c1-4-14-16(10(3)17)13(19)8-15(20-14)11-5-6-12(18)9(2)7-11;1-2/h4-8,17-18H,1-3H3;1-2H3/b14-4+,16-10+;. The van der Waals surface area contributed by atoms with E-state index in [1.165, 1.54) is 13.0 Å². The van der Waals surface area contributed by atoms with Gasteiger partial charge in [0, 0.05) is 11.6 Å². The van der Waals surface area contributed by atoms with Crippen LogP contribution in [0.3, 0.4) is 0 Å². The molecule has 2 rings (SSSR count). The minimum Gasteiger partial charge on any atom is -0.512 e. The molecule has 0 spiro atoms. The topological polar surface area (TPSA) is 70.7 Å². The Hall–Kier alpha value is -2.49. The maximum atomic E-state index is 12.1. The monoisotopic (exact) mass is 302 g/mol. The molecule has 22 heavy (non-hydrogen) atoms. The Labute approximate surface area is 129 Å². The van der Waals surface area contributed by atoms with E-state index in [4.69, 9.17) is 4.42 Å². The molecule has 1 aromatic carbocycles. The Balaban J connectivity index is 0.00000116. The zero-order valence-electron chi connectivity index (χ0n) is 13.6. The third-order valence-electron chi connectivity index (χ3n) is 3.08. The molecular weight excluding hydrogens is 280 g/mol. The van der Waals surface area contributed by atoms with Gasteiger partial charge >= 0.3 is 0 Å². The molecule has 0 bridgehead atoms. The van der Waals surface area contributed by atoms with Crippen molar-refractivity contribution in [2.45, 2.75) is 34.6 Å². The lowest BCUT2D eigenvalue weighted by molar-refractivity contribution is 0.471. The highest BCUT2D eigenvalue weighted by molar-refractivity contribution is 5.60. The minimum atomic E-state index is -0.301. The van der Waals surface area contributed by atoms with E-state index in [9.17, 15) is 15.0 Å². The smallest absolute Gasteiger partial charge is 0.196 e. The lowest BCUT2D eigenvalue weighted by Crippen LogP contribution is -2.39. The van der Waals surface area contributed by atoms with E-state index in [0.29, 0.717) is 22.3 Å². The van der Waals surface area contributed by atoms with Gasteiger partial charge in [0.1, 0.15) is 27.9 Å². The Morgan fingerprint density at radius 1 is 1.23 bits per heavy atom. The number of aromatic hydroxyl groups is 1. The van der Waals surface area contributed by atoms with Crippen molar-refractivity contribution < 1.29 is 14.6 Å². The predicted octanol–water partition coefficient (Wildman–Crippen LogP) is 2.83. The second kappa shape index (κ2) is 7.50. The fourth-order valence-electron chi connectivity index (χ4n) is 2.02. The molecule has 0 radical (unpaired) electrons. The van der Waals surface area contributed by atoms with Gasteiger partial charge < -0.3 is 14.6 Å². The van der Waals surface area contributed by atoms with Gasteiger partial charge in [0.2, 0.25) is 0 Å². The highest BCUT2D eigenvalue weighted by atomic mass is 16.3. The number of aliphatic hydroxyl groups excluding tert-OH is 1. The molecule has 2 aromatic rings. The summed E-state index contributed by atoms with van der Waals surface area (Å²) in [6, 6.07) is 6.31. The van der Waals surface area contributed by atoms with Crippen molar-refractivity contribution >= 4 is 11.8 Å². The Morgan fingerprint density at radius 2 is 1.86 bits per heavy atom. The van der Waals surface area contributed by atoms with Crippen LogP contribution in [0.25, 0.3) is 23.2 Å². The Kier molecular flexibility index (Phi) is 5.99. The number of phenols is 1. The third kappa shape index (κ3) is 3.58. The molecule has 2 N–H and O–H groups in total. The number of rotatable bonds is 1. The number of aryl methyl sites for hydroxylation is 1. The van der Waals surface area contributed by atoms with E-state index >= 15 is 0 Å². The Morgan fingerprint density at radius 3 is 2.36 bits per heavy atom. The van der Waals surface area contributed by atoms with Crippen LogP contribution >= 0.6 is 0 Å². The first-order chi connectivity index (χ1) is 10.4. The molecule has 118 valence electrons. The second-order valence-corrected chi connectivity index (χ2v) is 4.59. The quantitative estimate of drug-likeness (QED) is 0.850. The van der Waals surface area contributed by atoms with Crippen molar-refractivity contribution in [3.05, 3.63) is 50.7 Å². The van der Waals surface area contributed by atoms with E-state index in [-0.39, 0.29) is 22.2 Å². The summed E-state index contributed by atoms with van der Waals surface area (Å²) in [5.74, 6) is 0.519. The number of phenolic OH excluding ortho intramolecular Hbond substituents is 1. The summed E-state index contributed by atoms with van der Waals surface area (Å²) in [5, 5.41) is 19.3. The average Bonchev–Trinajstić information content (AvgIpc) is 2.50. The van der Waals surface area contributed by atoms with Gasteiger partial charge in [0.15, 0.2) is 5.43 Å². The van der Waals surface area contributed by atoms with Crippen LogP contribution in [0.2, 0.25) is 0 Å². The van der Waals surface area contributed by atoms with Crippen molar-refractivity contribution in [3.8, 4) is 17.1 Å². The molecule has 0 amide bonds. The minimum absolute atomic E-state index is 0.0692. The van der Waals surface area contributed by atoms with Crippen LogP contribution in [-0.2, 0) is 0 Å². The number of hydrogen-bond acceptors (Lipinski definition) is 4. The molecule has 4 nitrogen and oxygen atoms in total. The van der Waals surface area contributed by atoms with Gasteiger partial charge in [-0.15, -0.1) is 0 Å². The molecule has 4 heteroatoms. The van der Waals surface area contributed by atoms with Crippen LogP contribution in [0.5, 0.6) is 5.75 Å². The van der Waals surface area contributed by atoms with E-state index in [1.54, 1.807) is 38.1 Å². The SMILES string of the molecule is C/C=c1/oc(-c2ccc(O)c(C)c2)cc(=O)/c1=C(/C)O.CC. The van der Waals surface area contributed by atoms with Gasteiger partial charge in [-0.25, -0.2) is 0 Å². The summed E-state index contributed by atoms with van der Waals surface area (Å²) in [7, 11) is 0. The molecule has 0 atom stereocenters. The number of aliphatic hydroxyl groups is 1. The third-order valence-corrected chi connectivity index (χ3v) is 3.08. The summed E-state index contributed by atoms with van der Waals surface area (Å²) in [6.45, 7) is 8.95. The average molecular weight is 302 g/mol. The van der Waals surface area contributed by atoms with Crippen molar-refractivity contribution in [1.29, 1.82) is 0 Å². The van der Waals surface area contributed by atoms with Gasteiger partial charge in [-0.3, -0.25) is 4.79 Å². The highest BCUT2D eigenvalue weighted by Gasteiger charge is 2.07. The first-order valence-corrected chi connectivity index (χ1v) is 7.24. The van der Waals surface area contributed by atoms with Gasteiger partial charge in [0.05, 0.1) is 0 Å². The molecule has 0 unspecified atom stereocenters. The lowest BCUT2D eigenvalue weighted by Gasteiger charge is -2.04. The van der Waals surface area contributed by atoms with Gasteiger partial charge in [-0.2, -0.15) is 0 Å². The fraction of sp³-hybridized carbons (Fsp3) is 0.278. The number of benzene rings is 1. The molecule has 1 heterocycles. The van der Waals surface area contributed by atoms with Crippen molar-refractivity contribution in [2.75, 3.05) is 0 Å². The summed E-state index contributed by atoms with van der Waals surface area (Å²) in [5.41, 5.74) is 1.42. The van der Waals surface area contributed by atoms with Crippen LogP contribution < -0.4 is 16.1 Å². The van der Waals surface area contributed by atoms with E-state index in [2.05, 4.69) is 0 Å². The molecule has 0 fully saturated rings. The van der Waals surface area contributed by atoms with E-state index in [0.717, 1.165) is 0 Å². The van der Waals surface area contributed by atoms with Crippen molar-refractivity contribution in [1.82, 2.24) is 0 Å². The molecule has 0 aliphatic rings. The zero-order valence-corrected chi connectivity index (χ0v) is 13.6. The van der Waals surface area contributed by atoms with Crippen molar-refractivity contribution in [2.24, 2.45) is 0 Å². The number of hydrogen-bond donors (Lipinski definition) is 2. The highest BCUT2D eigenvalue weighted by Crippen LogP contribution is 2.23. The van der Waals surface area contributed by atoms with Crippen LogP contribution in [0.1, 0.15) is 33.3 Å². The van der Waals surface area contributed by atoms with Crippen LogP contribution in [0, 0.1) is 6.92 Å². The van der Waals surface area contributed by atoms with Crippen LogP contribution in [-0.4, -0.2) is 10.2 Å². The van der Waals surface area contributed by atoms with Crippen molar-refractivity contribution in [3.63, 3.8) is 0 Å². The normalized spacial score (nSPS) is 12.5. The summed E-state index contributed by atoms with van der Waals surface area (Å²) >= 11 is 0. The van der Waals surface area contributed by atoms with Crippen LogP contribution in [0.15, 0.2) is 33.5 Å². The second-order valence-electron chi connectivity index (χ2n) is 4.59. The molecule has 0 saturated carbocycles. The van der Waals surface area contributed by atoms with E-state index < -0.39 is 0 Å². The fourth-order valence-corrected chi connectivity index (χ4v) is 2.02. The van der Waals surface area contributed by atoms with Gasteiger partial charge in [0.25, 0.3) is 0 Å². The molecule has 0 saturated heterocycles. The van der Waals surface area contributed by atoms with Crippen LogP contribution in [0.4, 0.5) is 0 Å². The first-order valence-electron chi connectivity index (χ1n) is 7.24. The largest absolute Gasteiger partial charge is 0.512 e. The lowest BCUT2D eigenvalue weighted by atomic mass is 10.1. The van der Waals surface area contributed by atoms with Gasteiger partial charge in [-0.05, 0) is 50.6 Å². The zero-order chi connectivity index (χ0) is 16.9. The molecular formula is C18H22O4. The Bertz CT molecular complexity index is 825. The summed E-state index contributed by atoms with van der Waals surface area (Å²) in [6.07, 6.45) is 1.63. The maximum absolute atomic E-state index is 12.1.